The van der Waals surface area contributed by atoms with E-state index in [9.17, 15) is 17.6 Å². The zero-order chi connectivity index (χ0) is 17.7. The molecule has 1 atom stereocenters. The Bertz CT molecular complexity index is 680. The van der Waals surface area contributed by atoms with Gasteiger partial charge in [0, 0.05) is 32.1 Å². The first-order chi connectivity index (χ1) is 11.3. The molecule has 1 amide bonds. The summed E-state index contributed by atoms with van der Waals surface area (Å²) in [5.74, 6) is -0.764. The SMILES string of the molecule is Cc1cc(F)cc(S(=O)(=O)N2CCCCC2CNC(=O)CCN)c1.Cl. The summed E-state index contributed by atoms with van der Waals surface area (Å²) in [6.45, 7) is 2.52. The van der Waals surface area contributed by atoms with E-state index in [0.29, 0.717) is 18.5 Å². The maximum atomic E-state index is 13.6. The Kier molecular flexibility index (Phi) is 8.27. The third-order valence-corrected chi connectivity index (χ3v) is 6.03. The molecule has 0 aromatic heterocycles. The Morgan fingerprint density at radius 1 is 1.36 bits per heavy atom. The summed E-state index contributed by atoms with van der Waals surface area (Å²) in [7, 11) is -3.80. The lowest BCUT2D eigenvalue weighted by Gasteiger charge is -2.34. The van der Waals surface area contributed by atoms with Crippen LogP contribution in [0.15, 0.2) is 23.1 Å². The van der Waals surface area contributed by atoms with Gasteiger partial charge in [-0.05, 0) is 43.5 Å². The molecule has 0 radical (unpaired) electrons. The van der Waals surface area contributed by atoms with Crippen LogP contribution in [0.25, 0.3) is 0 Å². The van der Waals surface area contributed by atoms with Gasteiger partial charge in [-0.15, -0.1) is 12.4 Å². The molecule has 0 bridgehead atoms. The fourth-order valence-corrected chi connectivity index (χ4v) is 4.74. The largest absolute Gasteiger partial charge is 0.354 e. The number of rotatable bonds is 6. The third-order valence-electron chi connectivity index (χ3n) is 4.10. The van der Waals surface area contributed by atoms with Gasteiger partial charge in [0.1, 0.15) is 5.82 Å². The Morgan fingerprint density at radius 3 is 2.72 bits per heavy atom. The maximum absolute atomic E-state index is 13.6. The summed E-state index contributed by atoms with van der Waals surface area (Å²) in [4.78, 5) is 11.6. The van der Waals surface area contributed by atoms with Crippen LogP contribution < -0.4 is 11.1 Å². The summed E-state index contributed by atoms with van der Waals surface area (Å²) in [6, 6.07) is 3.48. The minimum atomic E-state index is -3.80. The summed E-state index contributed by atoms with van der Waals surface area (Å²) >= 11 is 0. The number of hydrogen-bond acceptors (Lipinski definition) is 4. The Hall–Kier alpha value is -1.22. The van der Waals surface area contributed by atoms with E-state index in [1.807, 2.05) is 0 Å². The topological polar surface area (TPSA) is 92.5 Å². The van der Waals surface area contributed by atoms with Crippen LogP contribution in [0.1, 0.15) is 31.2 Å². The van der Waals surface area contributed by atoms with Gasteiger partial charge in [0.25, 0.3) is 0 Å². The van der Waals surface area contributed by atoms with Crippen molar-refractivity contribution in [3.8, 4) is 0 Å². The highest BCUT2D eigenvalue weighted by atomic mass is 35.5. The molecule has 9 heteroatoms. The number of carbonyl (C=O) groups excluding carboxylic acids is 1. The summed E-state index contributed by atoms with van der Waals surface area (Å²) in [6.07, 6.45) is 2.52. The minimum absolute atomic E-state index is 0. The average Bonchev–Trinajstić information content (AvgIpc) is 2.52. The Morgan fingerprint density at radius 2 is 2.08 bits per heavy atom. The number of amides is 1. The van der Waals surface area contributed by atoms with Crippen LogP contribution in [-0.4, -0.2) is 44.3 Å². The first kappa shape index (κ1) is 21.8. The zero-order valence-corrected chi connectivity index (χ0v) is 15.8. The van der Waals surface area contributed by atoms with Gasteiger partial charge in [-0.1, -0.05) is 6.42 Å². The van der Waals surface area contributed by atoms with Crippen LogP contribution in [0.4, 0.5) is 4.39 Å². The summed E-state index contributed by atoms with van der Waals surface area (Å²) in [5, 5.41) is 2.73. The molecule has 1 aliphatic rings. The molecular formula is C16H25ClFN3O3S. The normalized spacial score (nSPS) is 18.4. The number of nitrogens with zero attached hydrogens (tertiary/aromatic N) is 1. The molecule has 1 fully saturated rings. The van der Waals surface area contributed by atoms with Gasteiger partial charge in [-0.25, -0.2) is 12.8 Å². The highest BCUT2D eigenvalue weighted by Gasteiger charge is 2.33. The second kappa shape index (κ2) is 9.47. The van der Waals surface area contributed by atoms with Gasteiger partial charge in [0.15, 0.2) is 0 Å². The second-order valence-corrected chi connectivity index (χ2v) is 7.96. The van der Waals surface area contributed by atoms with Crippen molar-refractivity contribution >= 4 is 28.3 Å². The molecule has 1 unspecified atom stereocenters. The van der Waals surface area contributed by atoms with E-state index in [0.717, 1.165) is 18.9 Å². The molecule has 1 saturated heterocycles. The fraction of sp³-hybridized carbons (Fsp3) is 0.562. The highest BCUT2D eigenvalue weighted by Crippen LogP contribution is 2.26. The lowest BCUT2D eigenvalue weighted by atomic mass is 10.1. The number of nitrogens with two attached hydrogens (primary N) is 1. The average molecular weight is 394 g/mol. The number of benzene rings is 1. The number of carbonyl (C=O) groups is 1. The molecule has 25 heavy (non-hydrogen) atoms. The van der Waals surface area contributed by atoms with Crippen LogP contribution in [0, 0.1) is 12.7 Å². The van der Waals surface area contributed by atoms with Crippen LogP contribution in [0.2, 0.25) is 0 Å². The van der Waals surface area contributed by atoms with Crippen molar-refractivity contribution in [2.24, 2.45) is 5.73 Å². The molecule has 1 aromatic carbocycles. The number of hydrogen-bond donors (Lipinski definition) is 2. The number of aryl methyl sites for hydroxylation is 1. The number of piperidine rings is 1. The molecule has 0 spiro atoms. The number of halogens is 2. The molecule has 0 aliphatic carbocycles. The van der Waals surface area contributed by atoms with Gasteiger partial charge in [-0.3, -0.25) is 4.79 Å². The highest BCUT2D eigenvalue weighted by molar-refractivity contribution is 7.89. The smallest absolute Gasteiger partial charge is 0.243 e. The van der Waals surface area contributed by atoms with Gasteiger partial charge >= 0.3 is 0 Å². The third kappa shape index (κ3) is 5.64. The Labute approximate surface area is 154 Å². The van der Waals surface area contributed by atoms with Crippen molar-refractivity contribution in [3.63, 3.8) is 0 Å². The zero-order valence-electron chi connectivity index (χ0n) is 14.2. The molecular weight excluding hydrogens is 369 g/mol. The molecule has 0 saturated carbocycles. The van der Waals surface area contributed by atoms with Gasteiger partial charge in [0.05, 0.1) is 4.90 Å². The lowest BCUT2D eigenvalue weighted by Crippen LogP contribution is -2.49. The molecule has 3 N–H and O–H groups in total. The fourth-order valence-electron chi connectivity index (χ4n) is 2.93. The van der Waals surface area contributed by atoms with E-state index in [2.05, 4.69) is 5.32 Å². The standard InChI is InChI=1S/C16H24FN3O3S.ClH/c1-12-8-13(17)10-15(9-12)24(22,23)20-7-3-2-4-14(20)11-19-16(21)5-6-18;/h8-10,14H,2-7,11,18H2,1H3,(H,19,21);1H. The quantitative estimate of drug-likeness (QED) is 0.767. The van der Waals surface area contributed by atoms with E-state index < -0.39 is 15.8 Å². The number of nitrogens with one attached hydrogen (secondary N) is 1. The number of sulfonamides is 1. The van der Waals surface area contributed by atoms with E-state index in [1.54, 1.807) is 6.92 Å². The van der Waals surface area contributed by atoms with Gasteiger partial charge < -0.3 is 11.1 Å². The molecule has 1 aromatic rings. The maximum Gasteiger partial charge on any atom is 0.243 e. The second-order valence-electron chi connectivity index (χ2n) is 6.07. The minimum Gasteiger partial charge on any atom is -0.354 e. The van der Waals surface area contributed by atoms with Crippen LogP contribution in [-0.2, 0) is 14.8 Å². The first-order valence-corrected chi connectivity index (χ1v) is 9.54. The molecule has 142 valence electrons. The van der Waals surface area contributed by atoms with E-state index in [-0.39, 0.29) is 48.8 Å². The first-order valence-electron chi connectivity index (χ1n) is 8.10. The van der Waals surface area contributed by atoms with Gasteiger partial charge in [0.2, 0.25) is 15.9 Å². The van der Waals surface area contributed by atoms with Crippen molar-refractivity contribution in [2.45, 2.75) is 43.5 Å². The van der Waals surface area contributed by atoms with Gasteiger partial charge in [-0.2, -0.15) is 4.31 Å². The monoisotopic (exact) mass is 393 g/mol. The van der Waals surface area contributed by atoms with E-state index in [4.69, 9.17) is 5.73 Å². The van der Waals surface area contributed by atoms with Crippen molar-refractivity contribution in [1.29, 1.82) is 0 Å². The molecule has 2 rings (SSSR count). The summed E-state index contributed by atoms with van der Waals surface area (Å²) in [5.41, 5.74) is 5.89. The van der Waals surface area contributed by atoms with Crippen molar-refractivity contribution in [2.75, 3.05) is 19.6 Å². The predicted molar refractivity (Wildman–Crippen MR) is 96.6 cm³/mol. The van der Waals surface area contributed by atoms with Crippen molar-refractivity contribution in [3.05, 3.63) is 29.6 Å². The molecule has 1 aliphatic heterocycles. The van der Waals surface area contributed by atoms with E-state index >= 15 is 0 Å². The molecule has 1 heterocycles. The van der Waals surface area contributed by atoms with Crippen molar-refractivity contribution < 1.29 is 17.6 Å². The predicted octanol–water partition coefficient (Wildman–Crippen LogP) is 1.56. The van der Waals surface area contributed by atoms with Crippen LogP contribution in [0.3, 0.4) is 0 Å². The summed E-state index contributed by atoms with van der Waals surface area (Å²) < 4.78 is 40.8. The molecule has 6 nitrogen and oxygen atoms in total. The van der Waals surface area contributed by atoms with Crippen molar-refractivity contribution in [1.82, 2.24) is 9.62 Å². The lowest BCUT2D eigenvalue weighted by molar-refractivity contribution is -0.121. The van der Waals surface area contributed by atoms with E-state index in [1.165, 1.54) is 16.4 Å². The Balaban J connectivity index is 0.00000312. The van der Waals surface area contributed by atoms with Crippen LogP contribution >= 0.6 is 12.4 Å². The van der Waals surface area contributed by atoms with Crippen LogP contribution in [0.5, 0.6) is 0 Å².